The summed E-state index contributed by atoms with van der Waals surface area (Å²) in [5, 5.41) is 0. The van der Waals surface area contributed by atoms with Crippen LogP contribution in [0.4, 0.5) is 4.79 Å². The molecular weight excluding hydrogens is 346 g/mol. The van der Waals surface area contributed by atoms with Gasteiger partial charge >= 0.3 is 6.09 Å². The van der Waals surface area contributed by atoms with Crippen LogP contribution in [-0.2, 0) is 16.0 Å². The number of halogens is 1. The molecule has 0 radical (unpaired) electrons. The van der Waals surface area contributed by atoms with E-state index >= 15 is 0 Å². The SMILES string of the molecule is COc1ccc(CCCN2C(=O)O[C@@H]3CN(C(=O)CN)C[C@@H]32)cc1.Cl. The minimum atomic E-state index is -0.278. The van der Waals surface area contributed by atoms with Crippen LogP contribution in [0, 0.1) is 0 Å². The number of carbonyl (C=O) groups excluding carboxylic acids is 2. The van der Waals surface area contributed by atoms with Crippen molar-refractivity contribution in [2.24, 2.45) is 5.73 Å². The van der Waals surface area contributed by atoms with Crippen LogP contribution in [-0.4, -0.2) is 67.2 Å². The number of likely N-dealkylation sites (tertiary alicyclic amines) is 1. The molecule has 0 spiro atoms. The summed E-state index contributed by atoms with van der Waals surface area (Å²) in [5.41, 5.74) is 6.61. The first-order valence-corrected chi connectivity index (χ1v) is 8.20. The third-order valence-corrected chi connectivity index (χ3v) is 4.67. The fourth-order valence-electron chi connectivity index (χ4n) is 3.34. The third-order valence-electron chi connectivity index (χ3n) is 4.67. The van der Waals surface area contributed by atoms with Crippen molar-refractivity contribution in [2.45, 2.75) is 25.0 Å². The average Bonchev–Trinajstić information content (AvgIpc) is 3.13. The van der Waals surface area contributed by atoms with E-state index in [2.05, 4.69) is 0 Å². The number of nitrogens with zero attached hydrogens (tertiary/aromatic N) is 2. The highest BCUT2D eigenvalue weighted by atomic mass is 35.5. The van der Waals surface area contributed by atoms with Crippen LogP contribution in [0.3, 0.4) is 0 Å². The Hall–Kier alpha value is -1.99. The van der Waals surface area contributed by atoms with Gasteiger partial charge in [-0.3, -0.25) is 9.69 Å². The number of hydrogen-bond acceptors (Lipinski definition) is 5. The molecule has 2 N–H and O–H groups in total. The maximum absolute atomic E-state index is 12.0. The number of carbonyl (C=O) groups is 2. The zero-order valence-electron chi connectivity index (χ0n) is 14.2. The summed E-state index contributed by atoms with van der Waals surface area (Å²) < 4.78 is 10.5. The highest BCUT2D eigenvalue weighted by Gasteiger charge is 2.48. The topological polar surface area (TPSA) is 85.1 Å². The summed E-state index contributed by atoms with van der Waals surface area (Å²) in [6, 6.07) is 7.87. The molecule has 7 nitrogen and oxygen atoms in total. The van der Waals surface area contributed by atoms with Gasteiger partial charge in [-0.15, -0.1) is 12.4 Å². The number of hydrogen-bond donors (Lipinski definition) is 1. The van der Waals surface area contributed by atoms with Gasteiger partial charge in [0.1, 0.15) is 11.9 Å². The number of benzene rings is 1. The van der Waals surface area contributed by atoms with Gasteiger partial charge in [-0.2, -0.15) is 0 Å². The van der Waals surface area contributed by atoms with Gasteiger partial charge in [0, 0.05) is 13.1 Å². The van der Waals surface area contributed by atoms with Crippen molar-refractivity contribution in [3.05, 3.63) is 29.8 Å². The molecule has 25 heavy (non-hydrogen) atoms. The smallest absolute Gasteiger partial charge is 0.410 e. The Morgan fingerprint density at radius 2 is 2.04 bits per heavy atom. The first-order valence-electron chi connectivity index (χ1n) is 8.20. The van der Waals surface area contributed by atoms with E-state index in [1.54, 1.807) is 16.9 Å². The fourth-order valence-corrected chi connectivity index (χ4v) is 3.34. The lowest BCUT2D eigenvalue weighted by Crippen LogP contribution is -2.41. The van der Waals surface area contributed by atoms with Crippen LogP contribution < -0.4 is 10.5 Å². The molecule has 2 aliphatic heterocycles. The molecule has 1 aromatic carbocycles. The Kier molecular flexibility index (Phi) is 6.50. The Morgan fingerprint density at radius 3 is 2.68 bits per heavy atom. The quantitative estimate of drug-likeness (QED) is 0.809. The van der Waals surface area contributed by atoms with Gasteiger partial charge in [0.15, 0.2) is 0 Å². The summed E-state index contributed by atoms with van der Waals surface area (Å²) in [4.78, 5) is 27.2. The Bertz CT molecular complexity index is 610. The molecule has 2 atom stereocenters. The van der Waals surface area contributed by atoms with Crippen molar-refractivity contribution >= 4 is 24.4 Å². The standard InChI is InChI=1S/C17H23N3O4.ClH/c1-23-13-6-4-12(5-7-13)3-2-8-20-14-10-19(16(21)9-18)11-15(14)24-17(20)22;/h4-7,14-15H,2-3,8-11,18H2,1H3;1H/t14-,15+;/m0./s1. The Balaban J connectivity index is 0.00000225. The second-order valence-electron chi connectivity index (χ2n) is 6.14. The molecule has 0 bridgehead atoms. The first-order chi connectivity index (χ1) is 11.6. The summed E-state index contributed by atoms with van der Waals surface area (Å²) in [6.07, 6.45) is 1.21. The van der Waals surface area contributed by atoms with Crippen molar-refractivity contribution in [3.8, 4) is 5.75 Å². The summed E-state index contributed by atoms with van der Waals surface area (Å²) in [6.45, 7) is 1.57. The normalized spacial score (nSPS) is 21.6. The zero-order valence-corrected chi connectivity index (χ0v) is 15.0. The van der Waals surface area contributed by atoms with Crippen LogP contribution in [0.5, 0.6) is 5.75 Å². The van der Waals surface area contributed by atoms with Gasteiger partial charge in [-0.25, -0.2) is 4.79 Å². The number of fused-ring (bicyclic) bond motifs is 1. The Morgan fingerprint density at radius 1 is 1.32 bits per heavy atom. The molecule has 138 valence electrons. The van der Waals surface area contributed by atoms with Crippen LogP contribution in [0.15, 0.2) is 24.3 Å². The number of ether oxygens (including phenoxy) is 2. The fraction of sp³-hybridized carbons (Fsp3) is 0.529. The minimum Gasteiger partial charge on any atom is -0.497 e. The van der Waals surface area contributed by atoms with E-state index in [0.717, 1.165) is 18.6 Å². The monoisotopic (exact) mass is 369 g/mol. The maximum atomic E-state index is 12.0. The van der Waals surface area contributed by atoms with Gasteiger partial charge in [0.05, 0.1) is 26.2 Å². The Labute approximate surface area is 153 Å². The number of rotatable bonds is 6. The highest BCUT2D eigenvalue weighted by Crippen LogP contribution is 2.27. The van der Waals surface area contributed by atoms with Crippen LogP contribution >= 0.6 is 12.4 Å². The van der Waals surface area contributed by atoms with Gasteiger partial charge in [-0.05, 0) is 30.5 Å². The van der Waals surface area contributed by atoms with Crippen molar-refractivity contribution in [1.29, 1.82) is 0 Å². The van der Waals surface area contributed by atoms with Gasteiger partial charge in [0.2, 0.25) is 5.91 Å². The molecule has 8 heteroatoms. The lowest BCUT2D eigenvalue weighted by molar-refractivity contribution is -0.129. The summed E-state index contributed by atoms with van der Waals surface area (Å²) in [5.74, 6) is 0.735. The molecular formula is C17H24ClN3O4. The van der Waals surface area contributed by atoms with E-state index in [1.807, 2.05) is 24.3 Å². The van der Waals surface area contributed by atoms with Crippen molar-refractivity contribution in [3.63, 3.8) is 0 Å². The molecule has 0 unspecified atom stereocenters. The number of nitrogens with two attached hydrogens (primary N) is 1. The number of amides is 2. The first kappa shape index (κ1) is 19.3. The van der Waals surface area contributed by atoms with Gasteiger partial charge < -0.3 is 20.1 Å². The molecule has 0 aliphatic carbocycles. The van der Waals surface area contributed by atoms with Gasteiger partial charge in [0.25, 0.3) is 0 Å². The lowest BCUT2D eigenvalue weighted by Gasteiger charge is -2.22. The molecule has 2 aliphatic rings. The minimum absolute atomic E-state index is 0. The van der Waals surface area contributed by atoms with Crippen molar-refractivity contribution in [2.75, 3.05) is 33.3 Å². The van der Waals surface area contributed by atoms with E-state index < -0.39 is 0 Å². The van der Waals surface area contributed by atoms with Gasteiger partial charge in [-0.1, -0.05) is 12.1 Å². The second kappa shape index (κ2) is 8.40. The third kappa shape index (κ3) is 4.16. The predicted molar refractivity (Wildman–Crippen MR) is 95.0 cm³/mol. The molecule has 2 fully saturated rings. The van der Waals surface area contributed by atoms with E-state index in [0.29, 0.717) is 19.6 Å². The van der Waals surface area contributed by atoms with Crippen molar-refractivity contribution < 1.29 is 19.1 Å². The van der Waals surface area contributed by atoms with E-state index in [1.165, 1.54) is 5.56 Å². The molecule has 1 aromatic rings. The molecule has 2 saturated heterocycles. The second-order valence-corrected chi connectivity index (χ2v) is 6.14. The highest BCUT2D eigenvalue weighted by molar-refractivity contribution is 5.85. The van der Waals surface area contributed by atoms with Crippen molar-refractivity contribution in [1.82, 2.24) is 9.80 Å². The van der Waals surface area contributed by atoms with Crippen LogP contribution in [0.1, 0.15) is 12.0 Å². The largest absolute Gasteiger partial charge is 0.497 e. The van der Waals surface area contributed by atoms with Crippen LogP contribution in [0.25, 0.3) is 0 Å². The molecule has 3 rings (SSSR count). The predicted octanol–water partition coefficient (Wildman–Crippen LogP) is 1.04. The summed E-state index contributed by atoms with van der Waals surface area (Å²) >= 11 is 0. The summed E-state index contributed by atoms with van der Waals surface area (Å²) in [7, 11) is 1.64. The molecule has 2 amide bonds. The van der Waals surface area contributed by atoms with E-state index in [9.17, 15) is 9.59 Å². The lowest BCUT2D eigenvalue weighted by atomic mass is 10.1. The zero-order chi connectivity index (χ0) is 17.1. The maximum Gasteiger partial charge on any atom is 0.410 e. The molecule has 0 saturated carbocycles. The average molecular weight is 370 g/mol. The van der Waals surface area contributed by atoms with E-state index in [4.69, 9.17) is 15.2 Å². The molecule has 2 heterocycles. The van der Waals surface area contributed by atoms with Crippen LogP contribution in [0.2, 0.25) is 0 Å². The number of methoxy groups -OCH3 is 1. The molecule has 0 aromatic heterocycles. The number of aryl methyl sites for hydroxylation is 1. The van der Waals surface area contributed by atoms with E-state index in [-0.39, 0.29) is 43.1 Å².